The van der Waals surface area contributed by atoms with E-state index in [0.29, 0.717) is 24.1 Å². The van der Waals surface area contributed by atoms with Crippen LogP contribution in [0.3, 0.4) is 0 Å². The van der Waals surface area contributed by atoms with E-state index in [-0.39, 0.29) is 5.91 Å². The quantitative estimate of drug-likeness (QED) is 0.791. The number of hydrogen-bond acceptors (Lipinski definition) is 3. The number of carbonyl (C=O) groups is 2. The molecule has 4 rings (SSSR count). The maximum absolute atomic E-state index is 12.6. The van der Waals surface area contributed by atoms with Crippen LogP contribution >= 0.6 is 11.6 Å². The van der Waals surface area contributed by atoms with E-state index in [1.54, 1.807) is 7.05 Å². The smallest absolute Gasteiger partial charge is 0.325 e. The van der Waals surface area contributed by atoms with Crippen molar-refractivity contribution in [3.8, 4) is 0 Å². The summed E-state index contributed by atoms with van der Waals surface area (Å²) < 4.78 is 0. The first kappa shape index (κ1) is 19.3. The van der Waals surface area contributed by atoms with Crippen molar-refractivity contribution in [3.05, 3.63) is 70.7 Å². The van der Waals surface area contributed by atoms with Crippen molar-refractivity contribution in [3.63, 3.8) is 0 Å². The average Bonchev–Trinajstić information content (AvgIpc) is 3.08. The highest BCUT2D eigenvalue weighted by atomic mass is 35.5. The van der Waals surface area contributed by atoms with Gasteiger partial charge in [0.25, 0.3) is 5.91 Å². The molecular weight excluding hydrogens is 390 g/mol. The second kappa shape index (κ2) is 8.13. The van der Waals surface area contributed by atoms with Crippen LogP contribution in [0.25, 0.3) is 0 Å². The SMILES string of the molecule is CN1C(=O)NC(=O)C2C1NC(=NCCc1ccccc1)N2Cc1ccccc1Cl. The third kappa shape index (κ3) is 3.91. The zero-order valence-corrected chi connectivity index (χ0v) is 16.8. The highest BCUT2D eigenvalue weighted by molar-refractivity contribution is 6.31. The predicted molar refractivity (Wildman–Crippen MR) is 111 cm³/mol. The van der Waals surface area contributed by atoms with E-state index < -0.39 is 18.2 Å². The van der Waals surface area contributed by atoms with Gasteiger partial charge in [-0.2, -0.15) is 0 Å². The monoisotopic (exact) mass is 411 g/mol. The van der Waals surface area contributed by atoms with E-state index in [9.17, 15) is 9.59 Å². The van der Waals surface area contributed by atoms with E-state index in [1.165, 1.54) is 10.5 Å². The molecular formula is C21H22ClN5O2. The van der Waals surface area contributed by atoms with E-state index in [4.69, 9.17) is 16.6 Å². The van der Waals surface area contributed by atoms with Crippen LogP contribution in [0.5, 0.6) is 0 Å². The summed E-state index contributed by atoms with van der Waals surface area (Å²) in [6.45, 7) is 0.970. The van der Waals surface area contributed by atoms with Gasteiger partial charge < -0.3 is 15.1 Å². The molecule has 2 aromatic carbocycles. The Balaban J connectivity index is 1.60. The molecule has 2 aliphatic heterocycles. The van der Waals surface area contributed by atoms with Crippen molar-refractivity contribution < 1.29 is 9.59 Å². The Morgan fingerprint density at radius 3 is 2.55 bits per heavy atom. The van der Waals surface area contributed by atoms with Gasteiger partial charge in [0.1, 0.15) is 6.17 Å². The summed E-state index contributed by atoms with van der Waals surface area (Å²) in [5.41, 5.74) is 2.08. The molecule has 0 spiro atoms. The van der Waals surface area contributed by atoms with Crippen molar-refractivity contribution in [2.75, 3.05) is 13.6 Å². The Morgan fingerprint density at radius 2 is 1.79 bits per heavy atom. The van der Waals surface area contributed by atoms with Gasteiger partial charge in [0, 0.05) is 25.2 Å². The first-order chi connectivity index (χ1) is 14.0. The molecule has 2 heterocycles. The van der Waals surface area contributed by atoms with Gasteiger partial charge in [-0.3, -0.25) is 15.1 Å². The summed E-state index contributed by atoms with van der Waals surface area (Å²) in [6.07, 6.45) is 0.302. The molecule has 8 heteroatoms. The number of aliphatic imine (C=N–C) groups is 1. The van der Waals surface area contributed by atoms with Crippen LogP contribution in [0.2, 0.25) is 5.02 Å². The first-order valence-corrected chi connectivity index (χ1v) is 9.85. The molecule has 0 saturated carbocycles. The predicted octanol–water partition coefficient (Wildman–Crippen LogP) is 2.22. The minimum absolute atomic E-state index is 0.342. The van der Waals surface area contributed by atoms with Crippen LogP contribution in [0.4, 0.5) is 4.79 Å². The number of fused-ring (bicyclic) bond motifs is 1. The van der Waals surface area contributed by atoms with Crippen LogP contribution in [0, 0.1) is 0 Å². The fourth-order valence-electron chi connectivity index (χ4n) is 3.64. The summed E-state index contributed by atoms with van der Waals surface area (Å²) in [5, 5.41) is 6.29. The highest BCUT2D eigenvalue weighted by Crippen LogP contribution is 2.25. The zero-order valence-electron chi connectivity index (χ0n) is 16.0. The lowest BCUT2D eigenvalue weighted by Crippen LogP contribution is -2.64. The number of nitrogens with zero attached hydrogens (tertiary/aromatic N) is 3. The number of halogens is 1. The zero-order chi connectivity index (χ0) is 20.4. The molecule has 2 N–H and O–H groups in total. The number of benzene rings is 2. The molecule has 2 saturated heterocycles. The molecule has 150 valence electrons. The molecule has 0 radical (unpaired) electrons. The van der Waals surface area contributed by atoms with Crippen molar-refractivity contribution in [1.29, 1.82) is 0 Å². The van der Waals surface area contributed by atoms with Gasteiger partial charge in [0.05, 0.1) is 0 Å². The Bertz CT molecular complexity index is 949. The van der Waals surface area contributed by atoms with Gasteiger partial charge in [-0.05, 0) is 23.6 Å². The fraction of sp³-hybridized carbons (Fsp3) is 0.286. The summed E-state index contributed by atoms with van der Waals surface area (Å²) in [7, 11) is 1.66. The lowest BCUT2D eigenvalue weighted by Gasteiger charge is -2.35. The van der Waals surface area contributed by atoms with Gasteiger partial charge in [0.2, 0.25) is 0 Å². The summed E-state index contributed by atoms with van der Waals surface area (Å²) >= 11 is 6.35. The van der Waals surface area contributed by atoms with Crippen LogP contribution in [0.1, 0.15) is 11.1 Å². The number of rotatable bonds is 5. The maximum atomic E-state index is 12.6. The van der Waals surface area contributed by atoms with E-state index in [2.05, 4.69) is 22.8 Å². The Morgan fingerprint density at radius 1 is 1.07 bits per heavy atom. The molecule has 29 heavy (non-hydrogen) atoms. The Labute approximate surface area is 174 Å². The Kier molecular flexibility index (Phi) is 5.40. The third-order valence-corrected chi connectivity index (χ3v) is 5.59. The van der Waals surface area contributed by atoms with E-state index in [0.717, 1.165) is 12.0 Å². The highest BCUT2D eigenvalue weighted by Gasteiger charge is 2.49. The molecule has 0 aromatic heterocycles. The maximum Gasteiger partial charge on any atom is 0.325 e. The molecule has 7 nitrogen and oxygen atoms in total. The second-order valence-electron chi connectivity index (χ2n) is 7.10. The van der Waals surface area contributed by atoms with E-state index in [1.807, 2.05) is 47.4 Å². The van der Waals surface area contributed by atoms with Crippen molar-refractivity contribution in [2.24, 2.45) is 4.99 Å². The lowest BCUT2D eigenvalue weighted by molar-refractivity contribution is -0.127. The second-order valence-corrected chi connectivity index (χ2v) is 7.51. The number of likely N-dealkylation sites (N-methyl/N-ethyl adjacent to an activating group) is 1. The van der Waals surface area contributed by atoms with Crippen LogP contribution in [0.15, 0.2) is 59.6 Å². The summed E-state index contributed by atoms with van der Waals surface area (Å²) in [6, 6.07) is 16.6. The summed E-state index contributed by atoms with van der Waals surface area (Å²) in [5.74, 6) is 0.249. The minimum Gasteiger partial charge on any atom is -0.333 e. The molecule has 2 unspecified atom stereocenters. The molecule has 2 fully saturated rings. The van der Waals surface area contributed by atoms with Crippen molar-refractivity contribution >= 4 is 29.5 Å². The molecule has 3 amide bonds. The van der Waals surface area contributed by atoms with Crippen molar-refractivity contribution in [2.45, 2.75) is 25.2 Å². The topological polar surface area (TPSA) is 77.0 Å². The first-order valence-electron chi connectivity index (χ1n) is 9.47. The number of nitrogens with one attached hydrogen (secondary N) is 2. The van der Waals surface area contributed by atoms with Gasteiger partial charge >= 0.3 is 6.03 Å². The van der Waals surface area contributed by atoms with Crippen molar-refractivity contribution in [1.82, 2.24) is 20.4 Å². The minimum atomic E-state index is -0.579. The number of imide groups is 1. The van der Waals surface area contributed by atoms with E-state index >= 15 is 0 Å². The summed E-state index contributed by atoms with van der Waals surface area (Å²) in [4.78, 5) is 32.8. The molecule has 2 aromatic rings. The number of hydrogen-bond donors (Lipinski definition) is 2. The average molecular weight is 412 g/mol. The largest absolute Gasteiger partial charge is 0.333 e. The van der Waals surface area contributed by atoms with Crippen LogP contribution in [-0.4, -0.2) is 53.5 Å². The number of guanidine groups is 1. The number of carbonyl (C=O) groups excluding carboxylic acids is 2. The van der Waals surface area contributed by atoms with Gasteiger partial charge in [-0.25, -0.2) is 4.79 Å². The lowest BCUT2D eigenvalue weighted by atomic mass is 10.1. The van der Waals surface area contributed by atoms with Crippen LogP contribution < -0.4 is 10.6 Å². The molecule has 0 aliphatic carbocycles. The number of urea groups is 1. The third-order valence-electron chi connectivity index (χ3n) is 5.22. The molecule has 2 atom stereocenters. The van der Waals surface area contributed by atoms with Gasteiger partial charge in [-0.15, -0.1) is 0 Å². The normalized spacial score (nSPS) is 22.5. The molecule has 0 bridgehead atoms. The molecule has 2 aliphatic rings. The van der Waals surface area contributed by atoms with Crippen LogP contribution in [-0.2, 0) is 17.8 Å². The van der Waals surface area contributed by atoms with Gasteiger partial charge in [-0.1, -0.05) is 60.1 Å². The number of amides is 3. The standard InChI is InChI=1S/C21H22ClN5O2/c1-26-18-17(19(28)25-21(26)29)27(13-15-9-5-6-10-16(15)22)20(24-18)23-12-11-14-7-3-2-4-8-14/h2-10,17-18H,11-13H2,1H3,(H,23,24)(H,25,28,29). The van der Waals surface area contributed by atoms with Gasteiger partial charge in [0.15, 0.2) is 12.0 Å². The Hall–Kier alpha value is -3.06. The fourth-order valence-corrected chi connectivity index (χ4v) is 3.83.